The Labute approximate surface area is 170 Å². The van der Waals surface area contributed by atoms with Gasteiger partial charge in [-0.2, -0.15) is 0 Å². The maximum absolute atomic E-state index is 13.5. The molecule has 0 bridgehead atoms. The number of guanidine groups is 1. The van der Waals surface area contributed by atoms with E-state index in [1.54, 1.807) is 26.3 Å². The molecule has 1 amide bonds. The number of benzene rings is 2. The number of carbonyl (C=O) groups is 1. The van der Waals surface area contributed by atoms with Gasteiger partial charge < -0.3 is 20.7 Å². The summed E-state index contributed by atoms with van der Waals surface area (Å²) >= 11 is 0. The largest absolute Gasteiger partial charge is 0.497 e. The van der Waals surface area contributed by atoms with Gasteiger partial charge in [0.05, 0.1) is 13.7 Å². The van der Waals surface area contributed by atoms with Gasteiger partial charge in [-0.3, -0.25) is 9.79 Å². The maximum atomic E-state index is 13.5. The number of nitrogens with zero attached hydrogens (tertiary/aromatic N) is 1. The molecule has 0 spiro atoms. The Morgan fingerprint density at radius 1 is 1.14 bits per heavy atom. The number of rotatable bonds is 8. The molecule has 1 aliphatic rings. The number of hydrogen-bond acceptors (Lipinski definition) is 3. The van der Waals surface area contributed by atoms with E-state index >= 15 is 0 Å². The second-order valence-electron chi connectivity index (χ2n) is 7.19. The van der Waals surface area contributed by atoms with Gasteiger partial charge in [-0.05, 0) is 48.2 Å². The van der Waals surface area contributed by atoms with Crippen LogP contribution < -0.4 is 20.7 Å². The van der Waals surface area contributed by atoms with Crippen molar-refractivity contribution in [3.8, 4) is 5.75 Å². The van der Waals surface area contributed by atoms with Crippen LogP contribution in [-0.2, 0) is 16.8 Å². The molecule has 1 aliphatic carbocycles. The fourth-order valence-corrected chi connectivity index (χ4v) is 3.18. The average Bonchev–Trinajstić information content (AvgIpc) is 3.54. The van der Waals surface area contributed by atoms with E-state index in [2.05, 4.69) is 20.9 Å². The van der Waals surface area contributed by atoms with Crippen molar-refractivity contribution in [2.24, 2.45) is 4.99 Å². The molecule has 3 rings (SSSR count). The highest BCUT2D eigenvalue weighted by Crippen LogP contribution is 2.47. The second-order valence-corrected chi connectivity index (χ2v) is 7.19. The molecule has 0 radical (unpaired) electrons. The van der Waals surface area contributed by atoms with Crippen LogP contribution in [0.1, 0.15) is 24.0 Å². The van der Waals surface area contributed by atoms with Crippen LogP contribution in [0.2, 0.25) is 0 Å². The molecule has 0 unspecified atom stereocenters. The Hall–Kier alpha value is -3.09. The Balaban J connectivity index is 1.42. The summed E-state index contributed by atoms with van der Waals surface area (Å²) in [5.74, 6) is 0.982. The van der Waals surface area contributed by atoms with Crippen molar-refractivity contribution in [2.45, 2.75) is 24.8 Å². The van der Waals surface area contributed by atoms with Gasteiger partial charge in [-0.15, -0.1) is 0 Å². The highest BCUT2D eigenvalue weighted by atomic mass is 19.1. The summed E-state index contributed by atoms with van der Waals surface area (Å²) in [4.78, 5) is 16.3. The lowest BCUT2D eigenvalue weighted by Gasteiger charge is -2.19. The Morgan fingerprint density at radius 2 is 1.90 bits per heavy atom. The van der Waals surface area contributed by atoms with Gasteiger partial charge in [0.1, 0.15) is 11.6 Å². The molecule has 154 valence electrons. The van der Waals surface area contributed by atoms with Gasteiger partial charge in [0.2, 0.25) is 5.91 Å². The molecule has 7 heteroatoms. The first kappa shape index (κ1) is 20.6. The Kier molecular flexibility index (Phi) is 6.69. The summed E-state index contributed by atoms with van der Waals surface area (Å²) in [6, 6.07) is 14.3. The molecule has 3 N–H and O–H groups in total. The first-order valence-electron chi connectivity index (χ1n) is 9.65. The molecule has 0 aromatic heterocycles. The van der Waals surface area contributed by atoms with Gasteiger partial charge >= 0.3 is 0 Å². The zero-order valence-corrected chi connectivity index (χ0v) is 16.8. The molecule has 0 aliphatic heterocycles. The van der Waals surface area contributed by atoms with Gasteiger partial charge in [0.15, 0.2) is 5.96 Å². The van der Waals surface area contributed by atoms with Crippen LogP contribution in [0.5, 0.6) is 5.75 Å². The number of amides is 1. The Morgan fingerprint density at radius 3 is 2.52 bits per heavy atom. The van der Waals surface area contributed by atoms with Crippen LogP contribution in [0.25, 0.3) is 0 Å². The highest BCUT2D eigenvalue weighted by Gasteiger charge is 2.44. The van der Waals surface area contributed by atoms with Gasteiger partial charge in [-0.1, -0.05) is 24.3 Å². The van der Waals surface area contributed by atoms with Crippen molar-refractivity contribution in [3.63, 3.8) is 0 Å². The minimum atomic E-state index is -0.218. The highest BCUT2D eigenvalue weighted by molar-refractivity contribution is 5.86. The van der Waals surface area contributed by atoms with Gasteiger partial charge in [-0.25, -0.2) is 4.39 Å². The van der Waals surface area contributed by atoms with E-state index in [0.29, 0.717) is 19.0 Å². The molecule has 0 saturated heterocycles. The molecule has 1 fully saturated rings. The summed E-state index contributed by atoms with van der Waals surface area (Å²) in [7, 11) is 3.28. The predicted octanol–water partition coefficient (Wildman–Crippen LogP) is 2.35. The molecule has 2 aromatic carbocycles. The van der Waals surface area contributed by atoms with E-state index in [1.165, 1.54) is 6.07 Å². The molecule has 2 aromatic rings. The fourth-order valence-electron chi connectivity index (χ4n) is 3.18. The first-order valence-corrected chi connectivity index (χ1v) is 9.65. The third kappa shape index (κ3) is 5.70. The van der Waals surface area contributed by atoms with Gasteiger partial charge in [0, 0.05) is 25.6 Å². The quantitative estimate of drug-likeness (QED) is 0.471. The van der Waals surface area contributed by atoms with Crippen LogP contribution in [-0.4, -0.2) is 39.1 Å². The van der Waals surface area contributed by atoms with E-state index in [9.17, 15) is 9.18 Å². The minimum Gasteiger partial charge on any atom is -0.497 e. The van der Waals surface area contributed by atoms with E-state index in [4.69, 9.17) is 4.74 Å². The minimum absolute atomic E-state index is 0.0592. The molecule has 6 nitrogen and oxygen atoms in total. The third-order valence-corrected chi connectivity index (χ3v) is 5.17. The average molecular weight is 398 g/mol. The van der Waals surface area contributed by atoms with E-state index in [0.717, 1.165) is 29.7 Å². The molecular formula is C22H27FN4O2. The predicted molar refractivity (Wildman–Crippen MR) is 112 cm³/mol. The molecular weight excluding hydrogens is 371 g/mol. The maximum Gasteiger partial charge on any atom is 0.239 e. The lowest BCUT2D eigenvalue weighted by atomic mass is 9.96. The van der Waals surface area contributed by atoms with Crippen LogP contribution in [0, 0.1) is 5.82 Å². The summed E-state index contributed by atoms with van der Waals surface area (Å²) in [6.45, 7) is 1.20. The zero-order chi connectivity index (χ0) is 20.7. The van der Waals surface area contributed by atoms with Crippen molar-refractivity contribution < 1.29 is 13.9 Å². The van der Waals surface area contributed by atoms with Gasteiger partial charge in [0.25, 0.3) is 0 Å². The normalized spacial score (nSPS) is 14.8. The van der Waals surface area contributed by atoms with Crippen molar-refractivity contribution in [2.75, 3.05) is 27.2 Å². The van der Waals surface area contributed by atoms with Crippen LogP contribution in [0.4, 0.5) is 4.39 Å². The molecule has 29 heavy (non-hydrogen) atoms. The Bertz CT molecular complexity index is 863. The number of carbonyl (C=O) groups excluding carboxylic acids is 1. The monoisotopic (exact) mass is 398 g/mol. The number of nitrogens with one attached hydrogen (secondary N) is 3. The lowest BCUT2D eigenvalue weighted by Crippen LogP contribution is -2.45. The number of aliphatic imine (C=N–C) groups is 1. The molecule has 1 saturated carbocycles. The van der Waals surface area contributed by atoms with Crippen LogP contribution in [0.3, 0.4) is 0 Å². The van der Waals surface area contributed by atoms with E-state index in [1.807, 2.05) is 30.3 Å². The summed E-state index contributed by atoms with van der Waals surface area (Å²) in [5.41, 5.74) is 1.93. The lowest BCUT2D eigenvalue weighted by molar-refractivity contribution is -0.120. The standard InChI is InChI=1S/C22H27FN4O2/c1-24-21(27-15-22(10-11-22)17-4-3-5-18(23)12-17)26-14-20(28)25-13-16-6-8-19(29-2)9-7-16/h3-9,12H,10-11,13-15H2,1-2H3,(H,25,28)(H2,24,26,27). The van der Waals surface area contributed by atoms with Crippen molar-refractivity contribution in [1.82, 2.24) is 16.0 Å². The number of halogens is 1. The van der Waals surface area contributed by atoms with Crippen molar-refractivity contribution in [3.05, 3.63) is 65.5 Å². The first-order chi connectivity index (χ1) is 14.0. The van der Waals surface area contributed by atoms with Crippen molar-refractivity contribution in [1.29, 1.82) is 0 Å². The topological polar surface area (TPSA) is 74.8 Å². The molecule has 0 heterocycles. The number of ether oxygens (including phenoxy) is 1. The van der Waals surface area contributed by atoms with Crippen LogP contribution >= 0.6 is 0 Å². The second kappa shape index (κ2) is 9.41. The summed E-state index contributed by atoms with van der Waals surface area (Å²) in [6.07, 6.45) is 2.01. The fraction of sp³-hybridized carbons (Fsp3) is 0.364. The van der Waals surface area contributed by atoms with Crippen LogP contribution in [0.15, 0.2) is 53.5 Å². The van der Waals surface area contributed by atoms with E-state index < -0.39 is 0 Å². The SMILES string of the molecule is CN=C(NCC(=O)NCc1ccc(OC)cc1)NCC1(c2cccc(F)c2)CC1. The smallest absolute Gasteiger partial charge is 0.239 e. The molecule has 0 atom stereocenters. The van der Waals surface area contributed by atoms with Crippen molar-refractivity contribution >= 4 is 11.9 Å². The number of hydrogen-bond donors (Lipinski definition) is 3. The summed E-state index contributed by atoms with van der Waals surface area (Å²) < 4.78 is 18.6. The third-order valence-electron chi connectivity index (χ3n) is 5.17. The summed E-state index contributed by atoms with van der Waals surface area (Å²) in [5, 5.41) is 9.14. The number of methoxy groups -OCH3 is 1. The van der Waals surface area contributed by atoms with E-state index in [-0.39, 0.29) is 23.7 Å². The zero-order valence-electron chi connectivity index (χ0n) is 16.8.